The molecule has 0 heterocycles. The zero-order chi connectivity index (χ0) is 17.6. The van der Waals surface area contributed by atoms with E-state index in [4.69, 9.17) is 5.73 Å². The van der Waals surface area contributed by atoms with Gasteiger partial charge in [0, 0.05) is 23.3 Å². The highest BCUT2D eigenvalue weighted by Crippen LogP contribution is 2.32. The van der Waals surface area contributed by atoms with Crippen molar-refractivity contribution in [3.05, 3.63) is 60.2 Å². The molecule has 4 heteroatoms. The minimum absolute atomic E-state index is 0.0564. The van der Waals surface area contributed by atoms with E-state index in [0.29, 0.717) is 12.5 Å². The Morgan fingerprint density at radius 3 is 2.44 bits per heavy atom. The molecule has 3 atom stereocenters. The fraction of sp³-hybridized carbons (Fsp3) is 0.381. The summed E-state index contributed by atoms with van der Waals surface area (Å²) in [6, 6.07) is 18.5. The summed E-state index contributed by atoms with van der Waals surface area (Å²) in [5, 5.41) is 6.52. The van der Waals surface area contributed by atoms with E-state index in [-0.39, 0.29) is 17.9 Å². The summed E-state index contributed by atoms with van der Waals surface area (Å²) >= 11 is 0. The molecule has 1 unspecified atom stereocenters. The lowest BCUT2D eigenvalue weighted by molar-refractivity contribution is -0.120. The summed E-state index contributed by atoms with van der Waals surface area (Å²) in [4.78, 5) is 12.4. The number of rotatable bonds is 6. The topological polar surface area (TPSA) is 67.1 Å². The van der Waals surface area contributed by atoms with Crippen LogP contribution in [0.2, 0.25) is 0 Å². The van der Waals surface area contributed by atoms with Crippen LogP contribution in [0.3, 0.4) is 0 Å². The van der Waals surface area contributed by atoms with Crippen molar-refractivity contribution < 1.29 is 4.79 Å². The Kier molecular flexibility index (Phi) is 5.71. The third-order valence-corrected chi connectivity index (χ3v) is 5.13. The van der Waals surface area contributed by atoms with Crippen molar-refractivity contribution in [1.82, 2.24) is 0 Å². The molecular formula is C21H27N3O. The number of carbonyl (C=O) groups excluding carboxylic acids is 1. The van der Waals surface area contributed by atoms with Gasteiger partial charge in [-0.25, -0.2) is 0 Å². The number of carbonyl (C=O) groups is 1. The Labute approximate surface area is 149 Å². The third-order valence-electron chi connectivity index (χ3n) is 5.13. The lowest BCUT2D eigenvalue weighted by Gasteiger charge is -2.18. The predicted molar refractivity (Wildman–Crippen MR) is 103 cm³/mol. The van der Waals surface area contributed by atoms with Gasteiger partial charge in [-0.3, -0.25) is 4.79 Å². The molecule has 0 aliphatic heterocycles. The Bertz CT molecular complexity index is 684. The van der Waals surface area contributed by atoms with Crippen LogP contribution in [0.25, 0.3) is 0 Å². The fourth-order valence-corrected chi connectivity index (χ4v) is 3.62. The van der Waals surface area contributed by atoms with Crippen LogP contribution in [-0.4, -0.2) is 12.5 Å². The van der Waals surface area contributed by atoms with E-state index in [0.717, 1.165) is 30.6 Å². The average Bonchev–Trinajstić information content (AvgIpc) is 3.13. The van der Waals surface area contributed by atoms with Crippen LogP contribution in [0, 0.1) is 11.8 Å². The second kappa shape index (κ2) is 8.17. The normalized spacial score (nSPS) is 20.9. The first-order valence-corrected chi connectivity index (χ1v) is 9.10. The molecule has 1 aliphatic carbocycles. The maximum absolute atomic E-state index is 12.4. The van der Waals surface area contributed by atoms with Gasteiger partial charge in [0.2, 0.25) is 5.91 Å². The van der Waals surface area contributed by atoms with Crippen LogP contribution < -0.4 is 16.4 Å². The van der Waals surface area contributed by atoms with E-state index in [1.165, 1.54) is 5.56 Å². The predicted octanol–water partition coefficient (Wildman–Crippen LogP) is 4.17. The van der Waals surface area contributed by atoms with E-state index < -0.39 is 0 Å². The lowest BCUT2D eigenvalue weighted by Crippen LogP contribution is -2.29. The van der Waals surface area contributed by atoms with Crippen molar-refractivity contribution >= 4 is 17.3 Å². The lowest BCUT2D eigenvalue weighted by atomic mass is 9.95. The molecule has 4 nitrogen and oxygen atoms in total. The molecule has 1 amide bonds. The van der Waals surface area contributed by atoms with Gasteiger partial charge in [-0.2, -0.15) is 0 Å². The van der Waals surface area contributed by atoms with Crippen LogP contribution in [0.5, 0.6) is 0 Å². The van der Waals surface area contributed by atoms with Crippen molar-refractivity contribution in [1.29, 1.82) is 0 Å². The molecule has 0 saturated heterocycles. The third kappa shape index (κ3) is 4.40. The van der Waals surface area contributed by atoms with Gasteiger partial charge in [0.05, 0.1) is 0 Å². The van der Waals surface area contributed by atoms with Crippen LogP contribution >= 0.6 is 0 Å². The fourth-order valence-electron chi connectivity index (χ4n) is 3.62. The minimum atomic E-state index is 0.0564. The van der Waals surface area contributed by atoms with Gasteiger partial charge in [0.1, 0.15) is 0 Å². The van der Waals surface area contributed by atoms with E-state index in [2.05, 4.69) is 29.7 Å². The maximum atomic E-state index is 12.4. The zero-order valence-electron chi connectivity index (χ0n) is 14.7. The first kappa shape index (κ1) is 17.5. The highest BCUT2D eigenvalue weighted by atomic mass is 16.1. The maximum Gasteiger partial charge on any atom is 0.227 e. The number of hydrogen-bond donors (Lipinski definition) is 3. The molecule has 0 aromatic heterocycles. The van der Waals surface area contributed by atoms with E-state index in [9.17, 15) is 4.79 Å². The quantitative estimate of drug-likeness (QED) is 0.741. The average molecular weight is 337 g/mol. The van der Waals surface area contributed by atoms with E-state index in [1.807, 2.05) is 42.5 Å². The standard InChI is InChI=1S/C21H27N3O/c1-15(16-6-3-2-4-7-16)23-18-10-12-19(13-11-18)24-21(25)20-9-5-8-17(20)14-22/h2-4,6-7,10-13,15,17,20,23H,5,8-9,14,22H2,1H3,(H,24,25)/t15?,17-,20-/m1/s1. The smallest absolute Gasteiger partial charge is 0.227 e. The molecule has 3 rings (SSSR count). The SMILES string of the molecule is CC(Nc1ccc(NC(=O)[C@@H]2CCC[C@@H]2CN)cc1)c1ccccc1. The Morgan fingerprint density at radius 1 is 1.08 bits per heavy atom. The monoisotopic (exact) mass is 337 g/mol. The van der Waals surface area contributed by atoms with Gasteiger partial charge in [-0.15, -0.1) is 0 Å². The first-order valence-electron chi connectivity index (χ1n) is 9.10. The molecule has 0 spiro atoms. The van der Waals surface area contributed by atoms with Crippen LogP contribution in [0.4, 0.5) is 11.4 Å². The number of nitrogens with two attached hydrogens (primary N) is 1. The summed E-state index contributed by atoms with van der Waals surface area (Å²) in [5.74, 6) is 0.486. The van der Waals surface area contributed by atoms with Crippen molar-refractivity contribution in [2.24, 2.45) is 17.6 Å². The Balaban J connectivity index is 1.58. The number of benzene rings is 2. The Hall–Kier alpha value is -2.33. The first-order chi connectivity index (χ1) is 12.2. The molecule has 1 aliphatic rings. The Morgan fingerprint density at radius 2 is 1.76 bits per heavy atom. The molecule has 2 aromatic rings. The number of nitrogens with one attached hydrogen (secondary N) is 2. The molecule has 0 bridgehead atoms. The summed E-state index contributed by atoms with van der Waals surface area (Å²) in [6.07, 6.45) is 3.11. The molecule has 2 aromatic carbocycles. The largest absolute Gasteiger partial charge is 0.379 e. The molecule has 1 saturated carbocycles. The van der Waals surface area contributed by atoms with E-state index in [1.54, 1.807) is 0 Å². The zero-order valence-corrected chi connectivity index (χ0v) is 14.7. The van der Waals surface area contributed by atoms with Crippen molar-refractivity contribution in [2.45, 2.75) is 32.2 Å². The highest BCUT2D eigenvalue weighted by Gasteiger charge is 2.31. The second-order valence-electron chi connectivity index (χ2n) is 6.88. The van der Waals surface area contributed by atoms with Crippen molar-refractivity contribution in [3.8, 4) is 0 Å². The van der Waals surface area contributed by atoms with Gasteiger partial charge in [-0.1, -0.05) is 36.8 Å². The van der Waals surface area contributed by atoms with Gasteiger partial charge >= 0.3 is 0 Å². The van der Waals surface area contributed by atoms with Crippen LogP contribution in [0.15, 0.2) is 54.6 Å². The molecule has 1 fully saturated rings. The van der Waals surface area contributed by atoms with Gasteiger partial charge in [-0.05, 0) is 62.1 Å². The highest BCUT2D eigenvalue weighted by molar-refractivity contribution is 5.93. The molecular weight excluding hydrogens is 310 g/mol. The van der Waals surface area contributed by atoms with Gasteiger partial charge in [0.25, 0.3) is 0 Å². The van der Waals surface area contributed by atoms with Gasteiger partial charge < -0.3 is 16.4 Å². The molecule has 0 radical (unpaired) electrons. The van der Waals surface area contributed by atoms with Crippen molar-refractivity contribution in [2.75, 3.05) is 17.2 Å². The number of amides is 1. The summed E-state index contributed by atoms with van der Waals surface area (Å²) < 4.78 is 0. The van der Waals surface area contributed by atoms with E-state index >= 15 is 0 Å². The number of anilines is 2. The molecule has 132 valence electrons. The minimum Gasteiger partial charge on any atom is -0.379 e. The molecule has 25 heavy (non-hydrogen) atoms. The van der Waals surface area contributed by atoms with Gasteiger partial charge in [0.15, 0.2) is 0 Å². The number of hydrogen-bond acceptors (Lipinski definition) is 3. The second-order valence-corrected chi connectivity index (χ2v) is 6.88. The summed E-state index contributed by atoms with van der Waals surface area (Å²) in [5.41, 5.74) is 8.90. The van der Waals surface area contributed by atoms with Crippen LogP contribution in [-0.2, 0) is 4.79 Å². The summed E-state index contributed by atoms with van der Waals surface area (Å²) in [7, 11) is 0. The summed E-state index contributed by atoms with van der Waals surface area (Å²) in [6.45, 7) is 2.73. The molecule has 4 N–H and O–H groups in total. The van der Waals surface area contributed by atoms with Crippen LogP contribution in [0.1, 0.15) is 37.8 Å². The van der Waals surface area contributed by atoms with Crippen molar-refractivity contribution in [3.63, 3.8) is 0 Å².